The van der Waals surface area contributed by atoms with Crippen molar-refractivity contribution in [3.8, 4) is 5.75 Å². The summed E-state index contributed by atoms with van der Waals surface area (Å²) in [4.78, 5) is 2.09. The molecule has 0 aromatic heterocycles. The van der Waals surface area contributed by atoms with Crippen molar-refractivity contribution in [1.82, 2.24) is 4.90 Å². The van der Waals surface area contributed by atoms with Crippen LogP contribution in [-0.4, -0.2) is 30.6 Å². The molecule has 0 aliphatic rings. The molecule has 0 heterocycles. The first-order valence-corrected chi connectivity index (χ1v) is 5.14. The quantitative estimate of drug-likeness (QED) is 0.792. The number of hydrogen-bond acceptors (Lipinski definition) is 3. The molecule has 1 aromatic carbocycles. The van der Waals surface area contributed by atoms with Crippen LogP contribution in [0.25, 0.3) is 0 Å². The van der Waals surface area contributed by atoms with Gasteiger partial charge in [0.25, 0.3) is 0 Å². The van der Waals surface area contributed by atoms with Crippen molar-refractivity contribution < 1.29 is 5.11 Å². The van der Waals surface area contributed by atoms with Gasteiger partial charge < -0.3 is 15.7 Å². The van der Waals surface area contributed by atoms with Crippen LogP contribution in [0.1, 0.15) is 22.7 Å². The third-order valence-corrected chi connectivity index (χ3v) is 2.74. The lowest BCUT2D eigenvalue weighted by molar-refractivity contribution is 0.305. The van der Waals surface area contributed by atoms with Crippen molar-refractivity contribution in [3.63, 3.8) is 0 Å². The molecule has 0 amide bonds. The fourth-order valence-electron chi connectivity index (χ4n) is 1.83. The molecule has 0 saturated carbocycles. The SMILES string of the molecule is Cc1cc(C(CN)N(C)C)cc(C)c1O. The van der Waals surface area contributed by atoms with E-state index in [1.54, 1.807) is 0 Å². The van der Waals surface area contributed by atoms with E-state index in [1.807, 2.05) is 40.1 Å². The van der Waals surface area contributed by atoms with Gasteiger partial charge in [-0.2, -0.15) is 0 Å². The van der Waals surface area contributed by atoms with E-state index in [0.717, 1.165) is 16.7 Å². The number of aryl methyl sites for hydroxylation is 2. The largest absolute Gasteiger partial charge is 0.507 e. The van der Waals surface area contributed by atoms with E-state index in [9.17, 15) is 5.11 Å². The summed E-state index contributed by atoms with van der Waals surface area (Å²) in [6.45, 7) is 4.40. The minimum atomic E-state index is 0.211. The van der Waals surface area contributed by atoms with Crippen molar-refractivity contribution in [2.75, 3.05) is 20.6 Å². The minimum Gasteiger partial charge on any atom is -0.507 e. The molecule has 0 saturated heterocycles. The Balaban J connectivity index is 3.14. The number of likely N-dealkylation sites (N-methyl/N-ethyl adjacent to an activating group) is 1. The molecule has 3 nitrogen and oxygen atoms in total. The zero-order chi connectivity index (χ0) is 11.6. The van der Waals surface area contributed by atoms with Gasteiger partial charge in [-0.15, -0.1) is 0 Å². The fraction of sp³-hybridized carbons (Fsp3) is 0.500. The molecular weight excluding hydrogens is 188 g/mol. The Labute approximate surface area is 91.5 Å². The van der Waals surface area contributed by atoms with E-state index in [0.29, 0.717) is 12.3 Å². The van der Waals surface area contributed by atoms with E-state index in [2.05, 4.69) is 4.90 Å². The maximum absolute atomic E-state index is 9.68. The molecule has 1 aromatic rings. The number of rotatable bonds is 3. The summed E-state index contributed by atoms with van der Waals surface area (Å²) in [5.74, 6) is 0.383. The number of nitrogens with zero attached hydrogens (tertiary/aromatic N) is 1. The van der Waals surface area contributed by atoms with Gasteiger partial charge >= 0.3 is 0 Å². The Bertz CT molecular complexity index is 324. The highest BCUT2D eigenvalue weighted by Crippen LogP contribution is 2.27. The highest BCUT2D eigenvalue weighted by atomic mass is 16.3. The lowest BCUT2D eigenvalue weighted by atomic mass is 10.00. The van der Waals surface area contributed by atoms with Gasteiger partial charge in [0.2, 0.25) is 0 Å². The van der Waals surface area contributed by atoms with Gasteiger partial charge in [-0.05, 0) is 44.6 Å². The number of aromatic hydroxyl groups is 1. The minimum absolute atomic E-state index is 0.211. The molecule has 0 aliphatic carbocycles. The maximum atomic E-state index is 9.68. The number of nitrogens with two attached hydrogens (primary N) is 1. The zero-order valence-corrected chi connectivity index (χ0v) is 9.91. The summed E-state index contributed by atoms with van der Waals surface area (Å²) < 4.78 is 0. The third-order valence-electron chi connectivity index (χ3n) is 2.74. The molecular formula is C12H20N2O. The topological polar surface area (TPSA) is 49.5 Å². The number of benzene rings is 1. The van der Waals surface area contributed by atoms with Crippen LogP contribution < -0.4 is 5.73 Å². The lowest BCUT2D eigenvalue weighted by Crippen LogP contribution is -2.27. The van der Waals surface area contributed by atoms with Crippen molar-refractivity contribution in [3.05, 3.63) is 28.8 Å². The maximum Gasteiger partial charge on any atom is 0.121 e. The highest BCUT2D eigenvalue weighted by Gasteiger charge is 2.14. The van der Waals surface area contributed by atoms with Gasteiger partial charge in [0, 0.05) is 12.6 Å². The van der Waals surface area contributed by atoms with Crippen LogP contribution in [0.3, 0.4) is 0 Å². The predicted octanol–water partition coefficient (Wildman–Crippen LogP) is 1.57. The van der Waals surface area contributed by atoms with E-state index in [4.69, 9.17) is 5.73 Å². The Kier molecular flexibility index (Phi) is 3.72. The van der Waals surface area contributed by atoms with E-state index >= 15 is 0 Å². The smallest absolute Gasteiger partial charge is 0.121 e. The standard InChI is InChI=1S/C12H20N2O/c1-8-5-10(6-9(2)12(8)15)11(7-13)14(3)4/h5-6,11,15H,7,13H2,1-4H3. The van der Waals surface area contributed by atoms with Crippen molar-refractivity contribution >= 4 is 0 Å². The average Bonchev–Trinajstić information content (AvgIpc) is 2.14. The lowest BCUT2D eigenvalue weighted by Gasteiger charge is -2.24. The normalized spacial score (nSPS) is 13.2. The second kappa shape index (κ2) is 4.64. The highest BCUT2D eigenvalue weighted by molar-refractivity contribution is 5.43. The predicted molar refractivity (Wildman–Crippen MR) is 63.1 cm³/mol. The molecule has 1 unspecified atom stereocenters. The first-order valence-electron chi connectivity index (χ1n) is 5.14. The number of phenolic OH excluding ortho intramolecular Hbond substituents is 1. The summed E-state index contributed by atoms with van der Waals surface area (Å²) in [5.41, 5.74) is 8.72. The van der Waals surface area contributed by atoms with Crippen LogP contribution in [-0.2, 0) is 0 Å². The third kappa shape index (κ3) is 2.49. The van der Waals surface area contributed by atoms with Crippen LogP contribution in [0.5, 0.6) is 5.75 Å². The Morgan fingerprint density at radius 3 is 2.07 bits per heavy atom. The van der Waals surface area contributed by atoms with E-state index < -0.39 is 0 Å². The van der Waals surface area contributed by atoms with Crippen molar-refractivity contribution in [1.29, 1.82) is 0 Å². The van der Waals surface area contributed by atoms with Crippen molar-refractivity contribution in [2.24, 2.45) is 5.73 Å². The van der Waals surface area contributed by atoms with Gasteiger partial charge in [-0.25, -0.2) is 0 Å². The van der Waals surface area contributed by atoms with Gasteiger partial charge in [-0.1, -0.05) is 12.1 Å². The van der Waals surface area contributed by atoms with Crippen molar-refractivity contribution in [2.45, 2.75) is 19.9 Å². The molecule has 0 fully saturated rings. The Morgan fingerprint density at radius 1 is 1.27 bits per heavy atom. The molecule has 3 N–H and O–H groups in total. The zero-order valence-electron chi connectivity index (χ0n) is 9.91. The number of hydrogen-bond donors (Lipinski definition) is 2. The summed E-state index contributed by atoms with van der Waals surface area (Å²) in [6, 6.07) is 4.21. The molecule has 0 bridgehead atoms. The summed E-state index contributed by atoms with van der Waals surface area (Å²) in [5, 5.41) is 9.68. The van der Waals surface area contributed by atoms with E-state index in [-0.39, 0.29) is 6.04 Å². The molecule has 0 spiro atoms. The second-order valence-corrected chi connectivity index (χ2v) is 4.22. The van der Waals surface area contributed by atoms with Gasteiger partial charge in [0.1, 0.15) is 5.75 Å². The molecule has 3 heteroatoms. The van der Waals surface area contributed by atoms with Gasteiger partial charge in [0.05, 0.1) is 0 Å². The van der Waals surface area contributed by atoms with E-state index in [1.165, 1.54) is 0 Å². The molecule has 1 rings (SSSR count). The molecule has 0 radical (unpaired) electrons. The average molecular weight is 208 g/mol. The van der Waals surface area contributed by atoms with Crippen LogP contribution in [0, 0.1) is 13.8 Å². The molecule has 84 valence electrons. The first-order chi connectivity index (χ1) is 6.97. The molecule has 15 heavy (non-hydrogen) atoms. The van der Waals surface area contributed by atoms with Gasteiger partial charge in [0.15, 0.2) is 0 Å². The molecule has 0 aliphatic heterocycles. The monoisotopic (exact) mass is 208 g/mol. The Hall–Kier alpha value is -1.06. The summed E-state index contributed by atoms with van der Waals surface area (Å²) in [7, 11) is 4.02. The Morgan fingerprint density at radius 2 is 1.73 bits per heavy atom. The van der Waals surface area contributed by atoms with Gasteiger partial charge in [-0.3, -0.25) is 0 Å². The first kappa shape index (κ1) is 12.0. The molecule has 1 atom stereocenters. The van der Waals surface area contributed by atoms with Crippen LogP contribution in [0.15, 0.2) is 12.1 Å². The number of phenols is 1. The van der Waals surface area contributed by atoms with Crippen LogP contribution in [0.4, 0.5) is 0 Å². The van der Waals surface area contributed by atoms with Crippen LogP contribution in [0.2, 0.25) is 0 Å². The summed E-state index contributed by atoms with van der Waals surface area (Å²) >= 11 is 0. The fourth-order valence-corrected chi connectivity index (χ4v) is 1.83. The summed E-state index contributed by atoms with van der Waals surface area (Å²) in [6.07, 6.45) is 0. The second-order valence-electron chi connectivity index (χ2n) is 4.22. The van der Waals surface area contributed by atoms with Crippen LogP contribution >= 0.6 is 0 Å².